The second-order valence-electron chi connectivity index (χ2n) is 7.27. The Hall–Kier alpha value is -3.13. The van der Waals surface area contributed by atoms with Crippen LogP contribution in [0.15, 0.2) is 77.7 Å². The van der Waals surface area contributed by atoms with Crippen LogP contribution in [-0.2, 0) is 9.59 Å². The van der Waals surface area contributed by atoms with Crippen LogP contribution in [0.3, 0.4) is 0 Å². The number of amides is 2. The van der Waals surface area contributed by atoms with Crippen LogP contribution in [0.5, 0.6) is 5.75 Å². The van der Waals surface area contributed by atoms with Crippen LogP contribution in [0.1, 0.15) is 11.1 Å². The van der Waals surface area contributed by atoms with E-state index >= 15 is 0 Å². The molecule has 5 nitrogen and oxygen atoms in total. The largest absolute Gasteiger partial charge is 0.484 e. The van der Waals surface area contributed by atoms with E-state index in [-0.39, 0.29) is 18.4 Å². The van der Waals surface area contributed by atoms with Gasteiger partial charge in [0.25, 0.3) is 11.8 Å². The van der Waals surface area contributed by atoms with E-state index < -0.39 is 0 Å². The number of anilines is 2. The highest BCUT2D eigenvalue weighted by molar-refractivity contribution is 8.27. The molecule has 3 aromatic carbocycles. The predicted octanol–water partition coefficient (Wildman–Crippen LogP) is 6.07. The zero-order chi connectivity index (χ0) is 23.4. The first-order valence-electron chi connectivity index (χ1n) is 10.0. The fourth-order valence-electron chi connectivity index (χ4n) is 3.10. The van der Waals surface area contributed by atoms with Gasteiger partial charge in [-0.15, -0.1) is 0 Å². The summed E-state index contributed by atoms with van der Waals surface area (Å²) in [7, 11) is 0. The Kier molecular flexibility index (Phi) is 7.13. The van der Waals surface area contributed by atoms with Gasteiger partial charge in [-0.05, 0) is 61.0 Å². The zero-order valence-electron chi connectivity index (χ0n) is 17.6. The summed E-state index contributed by atoms with van der Waals surface area (Å²) in [6, 6.07) is 21.7. The van der Waals surface area contributed by atoms with E-state index in [0.717, 1.165) is 16.8 Å². The average Bonchev–Trinajstić information content (AvgIpc) is 3.07. The first-order chi connectivity index (χ1) is 15.9. The summed E-state index contributed by atoms with van der Waals surface area (Å²) in [4.78, 5) is 27.0. The molecule has 1 fully saturated rings. The van der Waals surface area contributed by atoms with Crippen molar-refractivity contribution in [3.05, 3.63) is 93.9 Å². The molecule has 0 radical (unpaired) electrons. The van der Waals surface area contributed by atoms with E-state index in [2.05, 4.69) is 5.32 Å². The normalized spacial score (nSPS) is 14.6. The summed E-state index contributed by atoms with van der Waals surface area (Å²) in [5.74, 6) is 0.116. The lowest BCUT2D eigenvalue weighted by Crippen LogP contribution is -2.27. The minimum absolute atomic E-state index is 0.106. The number of benzene rings is 3. The predicted molar refractivity (Wildman–Crippen MR) is 139 cm³/mol. The molecule has 0 spiro atoms. The number of halogens is 1. The van der Waals surface area contributed by atoms with Crippen LogP contribution in [-0.4, -0.2) is 22.7 Å². The van der Waals surface area contributed by atoms with E-state index in [1.165, 1.54) is 16.7 Å². The number of nitrogens with one attached hydrogen (secondary N) is 1. The number of carbonyl (C=O) groups is 2. The van der Waals surface area contributed by atoms with Gasteiger partial charge in [-0.2, -0.15) is 0 Å². The van der Waals surface area contributed by atoms with Crippen LogP contribution in [0.25, 0.3) is 6.08 Å². The molecule has 2 amide bonds. The van der Waals surface area contributed by atoms with E-state index in [1.54, 1.807) is 42.5 Å². The lowest BCUT2D eigenvalue weighted by Gasteiger charge is -2.14. The minimum atomic E-state index is -0.243. The molecule has 0 saturated carbocycles. The number of hydrogen-bond donors (Lipinski definition) is 1. The molecular weight excluding hydrogens is 476 g/mol. The summed E-state index contributed by atoms with van der Waals surface area (Å²) in [5.41, 5.74) is 3.30. The van der Waals surface area contributed by atoms with Crippen molar-refractivity contribution in [1.82, 2.24) is 0 Å². The molecule has 0 atom stereocenters. The Bertz CT molecular complexity index is 1240. The van der Waals surface area contributed by atoms with E-state index in [0.29, 0.717) is 25.7 Å². The third-order valence-electron chi connectivity index (χ3n) is 4.74. The zero-order valence-corrected chi connectivity index (χ0v) is 20.0. The van der Waals surface area contributed by atoms with Gasteiger partial charge in [-0.3, -0.25) is 14.5 Å². The first-order valence-corrected chi connectivity index (χ1v) is 11.6. The highest BCUT2D eigenvalue weighted by Gasteiger charge is 2.33. The summed E-state index contributed by atoms with van der Waals surface area (Å²) in [5, 5.41) is 3.33. The third kappa shape index (κ3) is 5.82. The van der Waals surface area contributed by atoms with Crippen molar-refractivity contribution >= 4 is 69.2 Å². The maximum Gasteiger partial charge on any atom is 0.270 e. The quantitative estimate of drug-likeness (QED) is 0.333. The van der Waals surface area contributed by atoms with Gasteiger partial charge in [0.05, 0.1) is 10.6 Å². The van der Waals surface area contributed by atoms with Gasteiger partial charge in [0.15, 0.2) is 10.9 Å². The van der Waals surface area contributed by atoms with Crippen LogP contribution < -0.4 is 15.0 Å². The number of ether oxygens (including phenoxy) is 1. The molecule has 0 aromatic heterocycles. The van der Waals surface area contributed by atoms with Crippen molar-refractivity contribution in [3.8, 4) is 5.75 Å². The molecule has 0 unspecified atom stereocenters. The monoisotopic (exact) mass is 494 g/mol. The lowest BCUT2D eigenvalue weighted by atomic mass is 10.2. The van der Waals surface area contributed by atoms with Gasteiger partial charge in [0.2, 0.25) is 0 Å². The second-order valence-corrected chi connectivity index (χ2v) is 9.38. The van der Waals surface area contributed by atoms with Gasteiger partial charge < -0.3 is 10.1 Å². The highest BCUT2D eigenvalue weighted by Crippen LogP contribution is 2.36. The molecule has 3 aromatic rings. The van der Waals surface area contributed by atoms with Crippen molar-refractivity contribution < 1.29 is 14.3 Å². The fraction of sp³-hybridized carbons (Fsp3) is 0.0800. The Morgan fingerprint density at radius 3 is 2.55 bits per heavy atom. The molecule has 1 aliphatic heterocycles. The van der Waals surface area contributed by atoms with Crippen molar-refractivity contribution in [2.24, 2.45) is 0 Å². The number of rotatable bonds is 6. The molecule has 0 bridgehead atoms. The molecule has 1 saturated heterocycles. The Labute approximate surface area is 206 Å². The van der Waals surface area contributed by atoms with Crippen LogP contribution in [0, 0.1) is 6.92 Å². The SMILES string of the molecule is Cc1ccc(NC(=O)COc2ccc(/C=C3\SC(=S)N(c4cccc(Cl)c4)C3=O)cc2)cc1. The molecule has 166 valence electrons. The van der Waals surface area contributed by atoms with E-state index in [9.17, 15) is 9.59 Å². The Morgan fingerprint density at radius 2 is 1.85 bits per heavy atom. The number of thiocarbonyl (C=S) groups is 1. The van der Waals surface area contributed by atoms with Crippen molar-refractivity contribution in [2.75, 3.05) is 16.8 Å². The molecule has 1 N–H and O–H groups in total. The number of aryl methyl sites for hydroxylation is 1. The van der Waals surface area contributed by atoms with Gasteiger partial charge in [0, 0.05) is 10.7 Å². The summed E-state index contributed by atoms with van der Waals surface area (Å²) in [6.45, 7) is 1.88. The second kappa shape index (κ2) is 10.2. The summed E-state index contributed by atoms with van der Waals surface area (Å²) < 4.78 is 6.02. The first kappa shape index (κ1) is 23.0. The standard InChI is InChI=1S/C25H19ClN2O3S2/c1-16-5-9-19(10-6-16)27-23(29)15-31-21-11-7-17(8-12-21)13-22-24(30)28(25(32)33-22)20-4-2-3-18(26)14-20/h2-14H,15H2,1H3,(H,27,29)/b22-13-. The van der Waals surface area contributed by atoms with E-state index in [4.69, 9.17) is 28.6 Å². The number of nitrogens with zero attached hydrogens (tertiary/aromatic N) is 1. The number of hydrogen-bond acceptors (Lipinski definition) is 5. The molecule has 4 rings (SSSR count). The van der Waals surface area contributed by atoms with Gasteiger partial charge in [-0.1, -0.05) is 71.5 Å². The van der Waals surface area contributed by atoms with Crippen LogP contribution >= 0.6 is 35.6 Å². The summed E-state index contributed by atoms with van der Waals surface area (Å²) >= 11 is 12.7. The van der Waals surface area contributed by atoms with E-state index in [1.807, 2.05) is 43.3 Å². The molecular formula is C25H19ClN2O3S2. The number of thioether (sulfide) groups is 1. The average molecular weight is 495 g/mol. The molecule has 1 aliphatic rings. The highest BCUT2D eigenvalue weighted by atomic mass is 35.5. The minimum Gasteiger partial charge on any atom is -0.484 e. The number of carbonyl (C=O) groups excluding carboxylic acids is 2. The maximum absolute atomic E-state index is 12.9. The molecule has 1 heterocycles. The van der Waals surface area contributed by atoms with Gasteiger partial charge >= 0.3 is 0 Å². The Balaban J connectivity index is 1.37. The van der Waals surface area contributed by atoms with Gasteiger partial charge in [-0.25, -0.2) is 0 Å². The molecule has 0 aliphatic carbocycles. The molecule has 33 heavy (non-hydrogen) atoms. The van der Waals surface area contributed by atoms with Crippen molar-refractivity contribution in [3.63, 3.8) is 0 Å². The summed E-state index contributed by atoms with van der Waals surface area (Å²) in [6.07, 6.45) is 1.78. The lowest BCUT2D eigenvalue weighted by molar-refractivity contribution is -0.118. The topological polar surface area (TPSA) is 58.6 Å². The fourth-order valence-corrected chi connectivity index (χ4v) is 4.58. The Morgan fingerprint density at radius 1 is 1.12 bits per heavy atom. The molecule has 8 heteroatoms. The van der Waals surface area contributed by atoms with Crippen molar-refractivity contribution in [2.45, 2.75) is 6.92 Å². The van der Waals surface area contributed by atoms with Crippen LogP contribution in [0.2, 0.25) is 5.02 Å². The van der Waals surface area contributed by atoms with Crippen molar-refractivity contribution in [1.29, 1.82) is 0 Å². The smallest absolute Gasteiger partial charge is 0.270 e. The maximum atomic E-state index is 12.9. The third-order valence-corrected chi connectivity index (χ3v) is 6.28. The van der Waals surface area contributed by atoms with Crippen LogP contribution in [0.4, 0.5) is 11.4 Å². The van der Waals surface area contributed by atoms with Gasteiger partial charge in [0.1, 0.15) is 5.75 Å².